The fourth-order valence-corrected chi connectivity index (χ4v) is 4.23. The summed E-state index contributed by atoms with van der Waals surface area (Å²) in [5.41, 5.74) is 0. The molecular formula is C18H30F2O3. The molecule has 3 aliphatic rings. The highest BCUT2D eigenvalue weighted by Gasteiger charge is 2.39. The molecule has 5 atom stereocenters. The van der Waals surface area contributed by atoms with Gasteiger partial charge in [0.15, 0.2) is 6.29 Å². The summed E-state index contributed by atoms with van der Waals surface area (Å²) in [6.07, 6.45) is 2.93. The normalized spacial score (nSPS) is 45.8. The number of alkyl halides is 2. The van der Waals surface area contributed by atoms with Crippen molar-refractivity contribution in [3.05, 3.63) is 0 Å². The van der Waals surface area contributed by atoms with Crippen molar-refractivity contribution >= 4 is 0 Å². The van der Waals surface area contributed by atoms with Crippen LogP contribution >= 0.6 is 0 Å². The van der Waals surface area contributed by atoms with Crippen LogP contribution in [0.1, 0.15) is 51.9 Å². The third kappa shape index (κ3) is 4.43. The molecule has 0 amide bonds. The molecule has 2 heterocycles. The first-order chi connectivity index (χ1) is 11.2. The quantitative estimate of drug-likeness (QED) is 0.777. The minimum absolute atomic E-state index is 0.0773. The zero-order valence-corrected chi connectivity index (χ0v) is 14.1. The molecule has 2 saturated heterocycles. The minimum Gasteiger partial charge on any atom is -0.377 e. The van der Waals surface area contributed by atoms with Crippen LogP contribution in [0.25, 0.3) is 0 Å². The van der Waals surface area contributed by atoms with Crippen LogP contribution < -0.4 is 0 Å². The van der Waals surface area contributed by atoms with Crippen molar-refractivity contribution in [2.75, 3.05) is 19.8 Å². The summed E-state index contributed by atoms with van der Waals surface area (Å²) >= 11 is 0. The summed E-state index contributed by atoms with van der Waals surface area (Å²) in [5, 5.41) is 0. The van der Waals surface area contributed by atoms with Crippen LogP contribution in [0.5, 0.6) is 0 Å². The van der Waals surface area contributed by atoms with Gasteiger partial charge in [-0.3, -0.25) is 0 Å². The topological polar surface area (TPSA) is 27.7 Å². The lowest BCUT2D eigenvalue weighted by Crippen LogP contribution is -2.44. The monoisotopic (exact) mass is 332 g/mol. The summed E-state index contributed by atoms with van der Waals surface area (Å²) in [6.45, 7) is 4.35. The fourth-order valence-electron chi connectivity index (χ4n) is 4.23. The number of hydrogen-bond acceptors (Lipinski definition) is 3. The van der Waals surface area contributed by atoms with Crippen molar-refractivity contribution in [1.29, 1.82) is 0 Å². The first-order valence-electron chi connectivity index (χ1n) is 9.30. The van der Waals surface area contributed by atoms with Crippen molar-refractivity contribution in [2.45, 2.75) is 76.6 Å². The molecule has 1 saturated carbocycles. The molecular weight excluding hydrogens is 302 g/mol. The molecule has 3 fully saturated rings. The summed E-state index contributed by atoms with van der Waals surface area (Å²) in [4.78, 5) is 0. The maximum absolute atomic E-state index is 13.6. The van der Waals surface area contributed by atoms with E-state index in [0.29, 0.717) is 25.4 Å². The van der Waals surface area contributed by atoms with Gasteiger partial charge in [-0.05, 0) is 44.4 Å². The summed E-state index contributed by atoms with van der Waals surface area (Å²) in [5.74, 6) is 0.957. The smallest absolute Gasteiger partial charge is 0.162 e. The molecule has 2 aliphatic heterocycles. The van der Waals surface area contributed by atoms with E-state index in [-0.39, 0.29) is 24.2 Å². The van der Waals surface area contributed by atoms with E-state index >= 15 is 0 Å². The Morgan fingerprint density at radius 1 is 0.826 bits per heavy atom. The van der Waals surface area contributed by atoms with Crippen LogP contribution in [0, 0.1) is 17.8 Å². The first-order valence-corrected chi connectivity index (χ1v) is 9.30. The molecule has 3 nitrogen and oxygen atoms in total. The Bertz CT molecular complexity index is 352. The van der Waals surface area contributed by atoms with E-state index in [1.165, 1.54) is 0 Å². The molecule has 23 heavy (non-hydrogen) atoms. The third-order valence-electron chi connectivity index (χ3n) is 5.68. The van der Waals surface area contributed by atoms with Gasteiger partial charge in [-0.25, -0.2) is 8.78 Å². The van der Waals surface area contributed by atoms with Gasteiger partial charge in [0.25, 0.3) is 0 Å². The second kappa shape index (κ2) is 8.21. The highest BCUT2D eigenvalue weighted by atomic mass is 19.2. The maximum atomic E-state index is 13.6. The first kappa shape index (κ1) is 17.6. The fraction of sp³-hybridized carbons (Fsp3) is 1.00. The van der Waals surface area contributed by atoms with E-state index in [2.05, 4.69) is 6.92 Å². The van der Waals surface area contributed by atoms with E-state index in [1.54, 1.807) is 0 Å². The number of ether oxygens (including phenoxy) is 3. The Hall–Kier alpha value is -0.260. The Balaban J connectivity index is 1.41. The largest absolute Gasteiger partial charge is 0.377 e. The highest BCUT2D eigenvalue weighted by Crippen LogP contribution is 2.37. The molecule has 3 rings (SSSR count). The van der Waals surface area contributed by atoms with Crippen molar-refractivity contribution in [3.8, 4) is 0 Å². The average molecular weight is 332 g/mol. The molecule has 134 valence electrons. The number of rotatable bonds is 4. The second-order valence-electron chi connectivity index (χ2n) is 7.50. The Labute approximate surface area is 138 Å². The Morgan fingerprint density at radius 3 is 2.17 bits per heavy atom. The minimum atomic E-state index is -1.31. The van der Waals surface area contributed by atoms with Gasteiger partial charge >= 0.3 is 0 Å². The molecule has 0 aromatic rings. The number of halogens is 2. The predicted octanol–water partition coefficient (Wildman–Crippen LogP) is 4.05. The van der Waals surface area contributed by atoms with Crippen LogP contribution in [0.15, 0.2) is 0 Å². The zero-order valence-electron chi connectivity index (χ0n) is 14.1. The van der Waals surface area contributed by atoms with Crippen LogP contribution in [0.2, 0.25) is 0 Å². The summed E-state index contributed by atoms with van der Waals surface area (Å²) in [7, 11) is 0. The van der Waals surface area contributed by atoms with Crippen molar-refractivity contribution in [1.82, 2.24) is 0 Å². The van der Waals surface area contributed by atoms with Crippen molar-refractivity contribution in [3.63, 3.8) is 0 Å². The molecule has 0 aromatic heterocycles. The van der Waals surface area contributed by atoms with Crippen LogP contribution in [0.4, 0.5) is 8.78 Å². The lowest BCUT2D eigenvalue weighted by molar-refractivity contribution is -0.243. The van der Waals surface area contributed by atoms with E-state index in [9.17, 15) is 8.78 Å². The molecule has 0 bridgehead atoms. The van der Waals surface area contributed by atoms with Gasteiger partial charge in [0.2, 0.25) is 0 Å². The molecule has 5 heteroatoms. The van der Waals surface area contributed by atoms with Gasteiger partial charge in [0, 0.05) is 11.8 Å². The molecule has 0 N–H and O–H groups in total. The van der Waals surface area contributed by atoms with Gasteiger partial charge in [-0.2, -0.15) is 0 Å². The Kier molecular flexibility index (Phi) is 6.27. The molecule has 0 aromatic carbocycles. The molecule has 1 aliphatic carbocycles. The lowest BCUT2D eigenvalue weighted by atomic mass is 9.80. The Morgan fingerprint density at radius 2 is 1.57 bits per heavy atom. The third-order valence-corrected chi connectivity index (χ3v) is 5.68. The maximum Gasteiger partial charge on any atom is 0.162 e. The SMILES string of the molecule is CCCC1COC(C2CCC(C3CCC(F)C(F)C3)OC2)OC1. The van der Waals surface area contributed by atoms with E-state index in [1.807, 2.05) is 0 Å². The molecule has 0 radical (unpaired) electrons. The lowest BCUT2D eigenvalue weighted by Gasteiger charge is -2.40. The van der Waals surface area contributed by atoms with Crippen LogP contribution in [-0.2, 0) is 14.2 Å². The van der Waals surface area contributed by atoms with Crippen molar-refractivity contribution in [2.24, 2.45) is 17.8 Å². The molecule has 5 unspecified atom stereocenters. The molecule has 0 spiro atoms. The van der Waals surface area contributed by atoms with Gasteiger partial charge in [0.05, 0.1) is 25.9 Å². The van der Waals surface area contributed by atoms with Gasteiger partial charge in [-0.15, -0.1) is 0 Å². The average Bonchev–Trinajstić information content (AvgIpc) is 2.59. The second-order valence-corrected chi connectivity index (χ2v) is 7.50. The van der Waals surface area contributed by atoms with E-state index in [0.717, 1.165) is 45.3 Å². The predicted molar refractivity (Wildman–Crippen MR) is 83.7 cm³/mol. The summed E-state index contributed by atoms with van der Waals surface area (Å²) < 4.78 is 44.6. The zero-order chi connectivity index (χ0) is 16.2. The van der Waals surface area contributed by atoms with Gasteiger partial charge in [0.1, 0.15) is 12.3 Å². The highest BCUT2D eigenvalue weighted by molar-refractivity contribution is 4.86. The van der Waals surface area contributed by atoms with Gasteiger partial charge in [-0.1, -0.05) is 13.3 Å². The summed E-state index contributed by atoms with van der Waals surface area (Å²) in [6, 6.07) is 0. The van der Waals surface area contributed by atoms with E-state index in [4.69, 9.17) is 14.2 Å². The van der Waals surface area contributed by atoms with Crippen LogP contribution in [0.3, 0.4) is 0 Å². The van der Waals surface area contributed by atoms with Gasteiger partial charge < -0.3 is 14.2 Å². The van der Waals surface area contributed by atoms with Crippen molar-refractivity contribution < 1.29 is 23.0 Å². The van der Waals surface area contributed by atoms with E-state index < -0.39 is 12.3 Å². The standard InChI is InChI=1S/C18H30F2O3/c1-2-3-12-9-22-18(23-10-12)14-5-7-17(21-11-14)13-4-6-15(19)16(20)8-13/h12-18H,2-11H2,1H3. The number of hydrogen-bond donors (Lipinski definition) is 0. The van der Waals surface area contributed by atoms with Crippen LogP contribution in [-0.4, -0.2) is 44.6 Å².